The molecule has 0 bridgehead atoms. The number of nitrogens with one attached hydrogen (secondary N) is 1. The Balaban J connectivity index is 2.03. The van der Waals surface area contributed by atoms with Crippen LogP contribution in [-0.2, 0) is 6.42 Å². The van der Waals surface area contributed by atoms with Gasteiger partial charge in [-0.25, -0.2) is 0 Å². The summed E-state index contributed by atoms with van der Waals surface area (Å²) in [7, 11) is 0. The van der Waals surface area contributed by atoms with Gasteiger partial charge in [0, 0.05) is 26.8 Å². The largest absolute Gasteiger partial charge is 0.354 e. The number of benzene rings is 2. The second-order valence-electron chi connectivity index (χ2n) is 5.15. The molecular weight excluding hydrogens is 254 g/mol. The van der Waals surface area contributed by atoms with Crippen molar-refractivity contribution in [2.45, 2.75) is 32.6 Å². The van der Waals surface area contributed by atoms with Crippen molar-refractivity contribution in [3.05, 3.63) is 47.0 Å². The predicted octanol–water partition coefficient (Wildman–Crippen LogP) is 5.71. The van der Waals surface area contributed by atoms with Crippen molar-refractivity contribution in [2.75, 3.05) is 0 Å². The molecule has 1 nitrogen and oxygen atoms in total. The summed E-state index contributed by atoms with van der Waals surface area (Å²) < 4.78 is 0. The first-order chi connectivity index (χ1) is 9.28. The lowest BCUT2D eigenvalue weighted by molar-refractivity contribution is 0.718. The van der Waals surface area contributed by atoms with E-state index in [1.54, 1.807) is 0 Å². The quantitative estimate of drug-likeness (QED) is 0.585. The van der Waals surface area contributed by atoms with Crippen LogP contribution in [0.5, 0.6) is 0 Å². The first kappa shape index (κ1) is 12.6. The van der Waals surface area contributed by atoms with E-state index in [4.69, 9.17) is 11.6 Å². The van der Waals surface area contributed by atoms with Crippen molar-refractivity contribution in [3.8, 4) is 0 Å². The Morgan fingerprint density at radius 1 is 0.947 bits per heavy atom. The molecule has 1 heterocycles. The van der Waals surface area contributed by atoms with E-state index in [1.165, 1.54) is 47.5 Å². The molecule has 2 heteroatoms. The molecule has 98 valence electrons. The van der Waals surface area contributed by atoms with Crippen LogP contribution in [-0.4, -0.2) is 4.98 Å². The minimum atomic E-state index is 0.780. The first-order valence-electron chi connectivity index (χ1n) is 6.98. The fourth-order valence-electron chi connectivity index (χ4n) is 2.66. The Hall–Kier alpha value is -1.47. The van der Waals surface area contributed by atoms with Crippen LogP contribution < -0.4 is 0 Å². The van der Waals surface area contributed by atoms with Gasteiger partial charge in [-0.05, 0) is 42.7 Å². The molecule has 0 aliphatic rings. The smallest absolute Gasteiger partial charge is 0.0479 e. The maximum Gasteiger partial charge on any atom is 0.0479 e. The average molecular weight is 272 g/mol. The van der Waals surface area contributed by atoms with Crippen molar-refractivity contribution in [3.63, 3.8) is 0 Å². The van der Waals surface area contributed by atoms with Gasteiger partial charge >= 0.3 is 0 Å². The van der Waals surface area contributed by atoms with Gasteiger partial charge in [0.2, 0.25) is 0 Å². The van der Waals surface area contributed by atoms with Crippen LogP contribution in [0.15, 0.2) is 36.4 Å². The molecular formula is C17H18ClN. The first-order valence-corrected chi connectivity index (χ1v) is 7.35. The Kier molecular flexibility index (Phi) is 3.48. The van der Waals surface area contributed by atoms with Crippen LogP contribution in [0, 0.1) is 0 Å². The maximum absolute atomic E-state index is 6.04. The summed E-state index contributed by atoms with van der Waals surface area (Å²) in [6.07, 6.45) is 5.02. The Labute approximate surface area is 118 Å². The van der Waals surface area contributed by atoms with Crippen LogP contribution in [0.1, 0.15) is 31.7 Å². The molecule has 3 rings (SSSR count). The van der Waals surface area contributed by atoms with E-state index in [2.05, 4.69) is 36.2 Å². The highest BCUT2D eigenvalue weighted by molar-refractivity contribution is 6.31. The standard InChI is InChI=1S/C17H18ClN/c1-2-3-4-5-12-6-9-16-15(10-12)14-8-7-13(18)11-17(14)19-16/h6-11,19H,2-5H2,1H3. The number of rotatable bonds is 4. The molecule has 0 saturated heterocycles. The van der Waals surface area contributed by atoms with E-state index in [1.807, 2.05) is 12.1 Å². The van der Waals surface area contributed by atoms with Gasteiger partial charge in [-0.1, -0.05) is 43.5 Å². The highest BCUT2D eigenvalue weighted by atomic mass is 35.5. The molecule has 0 fully saturated rings. The summed E-state index contributed by atoms with van der Waals surface area (Å²) in [5, 5.41) is 3.35. The van der Waals surface area contributed by atoms with Crippen molar-refractivity contribution in [2.24, 2.45) is 0 Å². The van der Waals surface area contributed by atoms with Gasteiger partial charge in [-0.15, -0.1) is 0 Å². The van der Waals surface area contributed by atoms with E-state index >= 15 is 0 Å². The van der Waals surface area contributed by atoms with E-state index in [-0.39, 0.29) is 0 Å². The van der Waals surface area contributed by atoms with Gasteiger partial charge in [0.15, 0.2) is 0 Å². The molecule has 0 atom stereocenters. The van der Waals surface area contributed by atoms with Crippen molar-refractivity contribution in [1.82, 2.24) is 4.98 Å². The number of hydrogen-bond acceptors (Lipinski definition) is 0. The Bertz CT molecular complexity index is 712. The van der Waals surface area contributed by atoms with Gasteiger partial charge in [0.1, 0.15) is 0 Å². The second-order valence-corrected chi connectivity index (χ2v) is 5.59. The lowest BCUT2D eigenvalue weighted by Crippen LogP contribution is -1.84. The fourth-order valence-corrected chi connectivity index (χ4v) is 2.83. The molecule has 0 aliphatic carbocycles. The number of H-pyrrole nitrogens is 1. The third-order valence-corrected chi connectivity index (χ3v) is 3.93. The number of hydrogen-bond donors (Lipinski definition) is 1. The lowest BCUT2D eigenvalue weighted by atomic mass is 10.0. The molecule has 0 spiro atoms. The molecule has 0 aliphatic heterocycles. The van der Waals surface area contributed by atoms with Gasteiger partial charge in [-0.3, -0.25) is 0 Å². The SMILES string of the molecule is CCCCCc1ccc2[nH]c3cc(Cl)ccc3c2c1. The Morgan fingerprint density at radius 2 is 1.84 bits per heavy atom. The molecule has 3 aromatic rings. The number of aryl methyl sites for hydroxylation is 1. The number of aromatic nitrogens is 1. The summed E-state index contributed by atoms with van der Waals surface area (Å²) >= 11 is 6.04. The van der Waals surface area contributed by atoms with Gasteiger partial charge in [0.05, 0.1) is 0 Å². The van der Waals surface area contributed by atoms with Crippen LogP contribution in [0.4, 0.5) is 0 Å². The van der Waals surface area contributed by atoms with Crippen LogP contribution in [0.25, 0.3) is 21.8 Å². The monoisotopic (exact) mass is 271 g/mol. The number of fused-ring (bicyclic) bond motifs is 3. The fraction of sp³-hybridized carbons (Fsp3) is 0.294. The molecule has 1 N–H and O–H groups in total. The highest BCUT2D eigenvalue weighted by Crippen LogP contribution is 2.28. The summed E-state index contributed by atoms with van der Waals surface area (Å²) in [5.74, 6) is 0. The normalized spacial score (nSPS) is 11.5. The third-order valence-electron chi connectivity index (χ3n) is 3.69. The Morgan fingerprint density at radius 3 is 2.68 bits per heavy atom. The molecule has 0 radical (unpaired) electrons. The van der Waals surface area contributed by atoms with E-state index in [0.717, 1.165) is 10.5 Å². The molecule has 2 aromatic carbocycles. The minimum Gasteiger partial charge on any atom is -0.354 e. The van der Waals surface area contributed by atoms with E-state index in [9.17, 15) is 0 Å². The van der Waals surface area contributed by atoms with E-state index < -0.39 is 0 Å². The topological polar surface area (TPSA) is 15.8 Å². The highest BCUT2D eigenvalue weighted by Gasteiger charge is 2.05. The zero-order valence-electron chi connectivity index (χ0n) is 11.2. The number of halogens is 1. The second kappa shape index (κ2) is 5.26. The molecule has 0 saturated carbocycles. The molecule has 0 amide bonds. The molecule has 1 aromatic heterocycles. The summed E-state index contributed by atoms with van der Waals surface area (Å²) in [6, 6.07) is 12.8. The number of aromatic amines is 1. The van der Waals surface area contributed by atoms with Crippen molar-refractivity contribution < 1.29 is 0 Å². The van der Waals surface area contributed by atoms with Crippen LogP contribution >= 0.6 is 11.6 Å². The molecule has 19 heavy (non-hydrogen) atoms. The zero-order chi connectivity index (χ0) is 13.2. The number of unbranched alkanes of at least 4 members (excludes halogenated alkanes) is 2. The minimum absolute atomic E-state index is 0.780. The predicted molar refractivity (Wildman–Crippen MR) is 84.0 cm³/mol. The van der Waals surface area contributed by atoms with E-state index in [0.29, 0.717) is 0 Å². The third kappa shape index (κ3) is 2.48. The van der Waals surface area contributed by atoms with Crippen molar-refractivity contribution >= 4 is 33.4 Å². The van der Waals surface area contributed by atoms with Gasteiger partial charge < -0.3 is 4.98 Å². The average Bonchev–Trinajstić information content (AvgIpc) is 2.76. The maximum atomic E-state index is 6.04. The molecule has 0 unspecified atom stereocenters. The summed E-state index contributed by atoms with van der Waals surface area (Å²) in [5.41, 5.74) is 3.74. The van der Waals surface area contributed by atoms with Crippen LogP contribution in [0.2, 0.25) is 5.02 Å². The summed E-state index contributed by atoms with van der Waals surface area (Å²) in [6.45, 7) is 2.24. The van der Waals surface area contributed by atoms with Gasteiger partial charge in [-0.2, -0.15) is 0 Å². The van der Waals surface area contributed by atoms with Gasteiger partial charge in [0.25, 0.3) is 0 Å². The lowest BCUT2D eigenvalue weighted by Gasteiger charge is -2.01. The van der Waals surface area contributed by atoms with Crippen LogP contribution in [0.3, 0.4) is 0 Å². The van der Waals surface area contributed by atoms with Crippen molar-refractivity contribution in [1.29, 1.82) is 0 Å². The zero-order valence-corrected chi connectivity index (χ0v) is 11.9. The summed E-state index contributed by atoms with van der Waals surface area (Å²) in [4.78, 5) is 3.43.